The SMILES string of the molecule is COc1ccc2c(c1)c(CCNC(C)=O)cn2Cn1cc(CCNC(C)=O)c2cc(OC)ccc21. The highest BCUT2D eigenvalue weighted by molar-refractivity contribution is 5.87. The van der Waals surface area contributed by atoms with Gasteiger partial charge in [-0.1, -0.05) is 0 Å². The number of methoxy groups -OCH3 is 2. The largest absolute Gasteiger partial charge is 0.497 e. The molecule has 0 bridgehead atoms. The van der Waals surface area contributed by atoms with E-state index in [4.69, 9.17) is 9.47 Å². The number of hydrogen-bond donors (Lipinski definition) is 2. The van der Waals surface area contributed by atoms with Crippen molar-refractivity contribution in [1.29, 1.82) is 0 Å². The monoisotopic (exact) mass is 476 g/mol. The molecule has 0 aliphatic carbocycles. The van der Waals surface area contributed by atoms with Gasteiger partial charge in [-0.2, -0.15) is 0 Å². The van der Waals surface area contributed by atoms with E-state index in [1.807, 2.05) is 24.3 Å². The highest BCUT2D eigenvalue weighted by Gasteiger charge is 2.14. The molecule has 2 N–H and O–H groups in total. The fraction of sp³-hybridized carbons (Fsp3) is 0.333. The van der Waals surface area contributed by atoms with Gasteiger partial charge in [0, 0.05) is 50.1 Å². The predicted octanol–water partition coefficient (Wildman–Crippen LogP) is 3.48. The van der Waals surface area contributed by atoms with Gasteiger partial charge in [0.15, 0.2) is 0 Å². The van der Waals surface area contributed by atoms with Crippen molar-refractivity contribution in [2.75, 3.05) is 27.3 Å². The quantitative estimate of drug-likeness (QED) is 0.367. The van der Waals surface area contributed by atoms with Crippen LogP contribution >= 0.6 is 0 Å². The maximum Gasteiger partial charge on any atom is 0.216 e. The van der Waals surface area contributed by atoms with E-state index in [2.05, 4.69) is 44.3 Å². The summed E-state index contributed by atoms with van der Waals surface area (Å²) in [4.78, 5) is 22.7. The smallest absolute Gasteiger partial charge is 0.216 e. The van der Waals surface area contributed by atoms with E-state index in [0.29, 0.717) is 19.8 Å². The summed E-state index contributed by atoms with van der Waals surface area (Å²) in [6, 6.07) is 12.2. The van der Waals surface area contributed by atoms with Crippen LogP contribution in [-0.2, 0) is 29.1 Å². The van der Waals surface area contributed by atoms with Crippen LogP contribution in [-0.4, -0.2) is 48.3 Å². The Bertz CT molecular complexity index is 1260. The van der Waals surface area contributed by atoms with Crippen molar-refractivity contribution < 1.29 is 19.1 Å². The zero-order chi connectivity index (χ0) is 24.9. The first-order chi connectivity index (χ1) is 16.9. The summed E-state index contributed by atoms with van der Waals surface area (Å²) >= 11 is 0. The van der Waals surface area contributed by atoms with E-state index < -0.39 is 0 Å². The number of ether oxygens (including phenoxy) is 2. The van der Waals surface area contributed by atoms with Crippen LogP contribution in [0, 0.1) is 0 Å². The van der Waals surface area contributed by atoms with Gasteiger partial charge in [-0.05, 0) is 60.4 Å². The van der Waals surface area contributed by atoms with E-state index in [0.717, 1.165) is 57.3 Å². The number of carbonyl (C=O) groups excluding carboxylic acids is 2. The molecule has 0 saturated carbocycles. The Balaban J connectivity index is 1.71. The Morgan fingerprint density at radius 3 is 1.54 bits per heavy atom. The van der Waals surface area contributed by atoms with Crippen molar-refractivity contribution in [3.63, 3.8) is 0 Å². The van der Waals surface area contributed by atoms with Gasteiger partial charge in [0.1, 0.15) is 11.5 Å². The van der Waals surface area contributed by atoms with Gasteiger partial charge < -0.3 is 29.2 Å². The lowest BCUT2D eigenvalue weighted by Crippen LogP contribution is -2.22. The topological polar surface area (TPSA) is 86.5 Å². The summed E-state index contributed by atoms with van der Waals surface area (Å²) in [5, 5.41) is 7.99. The summed E-state index contributed by atoms with van der Waals surface area (Å²) in [5.41, 5.74) is 4.49. The van der Waals surface area contributed by atoms with Crippen molar-refractivity contribution in [2.24, 2.45) is 0 Å². The van der Waals surface area contributed by atoms with Gasteiger partial charge in [0.25, 0.3) is 0 Å². The normalized spacial score (nSPS) is 11.1. The molecule has 4 rings (SSSR count). The van der Waals surface area contributed by atoms with E-state index in [9.17, 15) is 9.59 Å². The van der Waals surface area contributed by atoms with Crippen molar-refractivity contribution in [3.8, 4) is 11.5 Å². The molecule has 0 aliphatic heterocycles. The molecule has 0 spiro atoms. The summed E-state index contributed by atoms with van der Waals surface area (Å²) in [7, 11) is 3.33. The van der Waals surface area contributed by atoms with Crippen molar-refractivity contribution in [1.82, 2.24) is 19.8 Å². The number of aromatic nitrogens is 2. The van der Waals surface area contributed by atoms with Crippen LogP contribution in [0.25, 0.3) is 21.8 Å². The molecule has 2 amide bonds. The number of hydrogen-bond acceptors (Lipinski definition) is 4. The number of fused-ring (bicyclic) bond motifs is 2. The molecule has 0 aliphatic rings. The zero-order valence-corrected chi connectivity index (χ0v) is 20.7. The Morgan fingerprint density at radius 1 is 0.743 bits per heavy atom. The first kappa shape index (κ1) is 24.2. The summed E-state index contributed by atoms with van der Waals surface area (Å²) in [5.74, 6) is 1.53. The lowest BCUT2D eigenvalue weighted by molar-refractivity contribution is -0.119. The van der Waals surface area contributed by atoms with Gasteiger partial charge in [0.2, 0.25) is 11.8 Å². The molecule has 0 unspecified atom stereocenters. The molecule has 8 nitrogen and oxygen atoms in total. The van der Waals surface area contributed by atoms with Crippen LogP contribution in [0.15, 0.2) is 48.8 Å². The second kappa shape index (κ2) is 10.5. The molecule has 2 aromatic heterocycles. The molecule has 184 valence electrons. The molecule has 35 heavy (non-hydrogen) atoms. The van der Waals surface area contributed by atoms with E-state index in [-0.39, 0.29) is 11.8 Å². The lowest BCUT2D eigenvalue weighted by atomic mass is 10.1. The number of carbonyl (C=O) groups is 2. The predicted molar refractivity (Wildman–Crippen MR) is 137 cm³/mol. The number of nitrogens with zero attached hydrogens (tertiary/aromatic N) is 2. The fourth-order valence-corrected chi connectivity index (χ4v) is 4.50. The summed E-state index contributed by atoms with van der Waals surface area (Å²) in [6.07, 6.45) is 5.75. The maximum atomic E-state index is 11.4. The minimum atomic E-state index is -0.0349. The zero-order valence-electron chi connectivity index (χ0n) is 20.7. The van der Waals surface area contributed by atoms with Crippen LogP contribution in [0.1, 0.15) is 25.0 Å². The van der Waals surface area contributed by atoms with Crippen molar-refractivity contribution >= 4 is 33.6 Å². The highest BCUT2D eigenvalue weighted by atomic mass is 16.5. The van der Waals surface area contributed by atoms with Gasteiger partial charge >= 0.3 is 0 Å². The molecule has 2 aromatic carbocycles. The number of benzene rings is 2. The van der Waals surface area contributed by atoms with E-state index in [1.165, 1.54) is 13.8 Å². The standard InChI is InChI=1S/C27H32N4O4/c1-18(32)28-11-9-20-15-30(26-7-5-22(34-3)13-24(20)26)17-31-16-21(10-12-29-19(2)33)25-14-23(35-4)6-8-27(25)31/h5-8,13-16H,9-12,17H2,1-4H3,(H,28,32)(H,29,33). The molecule has 8 heteroatoms. The molecule has 0 fully saturated rings. The van der Waals surface area contributed by atoms with E-state index in [1.54, 1.807) is 14.2 Å². The van der Waals surface area contributed by atoms with Crippen LogP contribution in [0.5, 0.6) is 11.5 Å². The molecular formula is C27H32N4O4. The molecule has 2 heterocycles. The van der Waals surface area contributed by atoms with Crippen molar-refractivity contribution in [3.05, 3.63) is 59.9 Å². The fourth-order valence-electron chi connectivity index (χ4n) is 4.50. The third kappa shape index (κ3) is 5.42. The van der Waals surface area contributed by atoms with Crippen LogP contribution in [0.2, 0.25) is 0 Å². The maximum absolute atomic E-state index is 11.4. The molecule has 4 aromatic rings. The Morgan fingerprint density at radius 2 is 1.17 bits per heavy atom. The molecule has 0 radical (unpaired) electrons. The van der Waals surface area contributed by atoms with Gasteiger partial charge in [-0.15, -0.1) is 0 Å². The first-order valence-corrected chi connectivity index (χ1v) is 11.7. The second-order valence-corrected chi connectivity index (χ2v) is 8.62. The third-order valence-electron chi connectivity index (χ3n) is 6.18. The number of nitrogens with one attached hydrogen (secondary N) is 2. The minimum absolute atomic E-state index is 0.0349. The molecular weight excluding hydrogens is 444 g/mol. The molecule has 0 atom stereocenters. The first-order valence-electron chi connectivity index (χ1n) is 11.7. The number of rotatable bonds is 10. The van der Waals surface area contributed by atoms with Gasteiger partial charge in [-0.3, -0.25) is 9.59 Å². The van der Waals surface area contributed by atoms with Gasteiger partial charge in [0.05, 0.1) is 31.9 Å². The van der Waals surface area contributed by atoms with Crippen LogP contribution in [0.3, 0.4) is 0 Å². The Kier molecular flexibility index (Phi) is 7.29. The van der Waals surface area contributed by atoms with Gasteiger partial charge in [-0.25, -0.2) is 0 Å². The second-order valence-electron chi connectivity index (χ2n) is 8.62. The molecule has 0 saturated heterocycles. The Labute approximate surface area is 204 Å². The van der Waals surface area contributed by atoms with Crippen LogP contribution in [0.4, 0.5) is 0 Å². The van der Waals surface area contributed by atoms with Crippen LogP contribution < -0.4 is 20.1 Å². The third-order valence-corrected chi connectivity index (χ3v) is 6.18. The summed E-state index contributed by atoms with van der Waals surface area (Å²) in [6.45, 7) is 4.83. The Hall–Kier alpha value is -3.94. The average molecular weight is 477 g/mol. The number of amides is 2. The summed E-state index contributed by atoms with van der Waals surface area (Å²) < 4.78 is 15.4. The highest BCUT2D eigenvalue weighted by Crippen LogP contribution is 2.29. The minimum Gasteiger partial charge on any atom is -0.497 e. The lowest BCUT2D eigenvalue weighted by Gasteiger charge is -2.09. The average Bonchev–Trinajstić information content (AvgIpc) is 3.36. The van der Waals surface area contributed by atoms with E-state index >= 15 is 0 Å². The van der Waals surface area contributed by atoms with Crippen molar-refractivity contribution in [2.45, 2.75) is 33.4 Å².